The minimum absolute atomic E-state index is 0. The molecule has 69 valence electrons. The van der Waals surface area contributed by atoms with Crippen LogP contribution >= 0.6 is 0 Å². The van der Waals surface area contributed by atoms with E-state index in [9.17, 15) is 0 Å². The molecule has 1 radical (unpaired) electrons. The summed E-state index contributed by atoms with van der Waals surface area (Å²) in [4.78, 5) is 4.40. The Morgan fingerprint density at radius 2 is 2.23 bits per heavy atom. The SMILES string of the molecule is [Ir].[c-]1ccccc1C1=NCCC=C1. The topological polar surface area (TPSA) is 12.4 Å². The van der Waals surface area contributed by atoms with Gasteiger partial charge in [-0.3, -0.25) is 0 Å². The van der Waals surface area contributed by atoms with Gasteiger partial charge in [0.05, 0.1) is 0 Å². The Labute approximate surface area is 91.9 Å². The van der Waals surface area contributed by atoms with Crippen LogP contribution in [0.1, 0.15) is 12.0 Å². The molecule has 0 unspecified atom stereocenters. The van der Waals surface area contributed by atoms with E-state index >= 15 is 0 Å². The Bertz CT molecular complexity index is 314. The summed E-state index contributed by atoms with van der Waals surface area (Å²) < 4.78 is 0. The van der Waals surface area contributed by atoms with E-state index in [1.807, 2.05) is 24.3 Å². The minimum Gasteiger partial charge on any atom is -0.333 e. The van der Waals surface area contributed by atoms with Crippen LogP contribution in [0.5, 0.6) is 0 Å². The van der Waals surface area contributed by atoms with Gasteiger partial charge in [-0.2, -0.15) is 0 Å². The van der Waals surface area contributed by atoms with E-state index in [1.165, 1.54) is 0 Å². The molecule has 0 saturated carbocycles. The molecule has 0 atom stereocenters. The van der Waals surface area contributed by atoms with Gasteiger partial charge in [0.25, 0.3) is 0 Å². The Morgan fingerprint density at radius 3 is 2.85 bits per heavy atom. The van der Waals surface area contributed by atoms with E-state index in [0.717, 1.165) is 24.2 Å². The van der Waals surface area contributed by atoms with Crippen molar-refractivity contribution >= 4 is 5.71 Å². The molecule has 0 bridgehead atoms. The van der Waals surface area contributed by atoms with Crippen molar-refractivity contribution in [1.29, 1.82) is 0 Å². The van der Waals surface area contributed by atoms with Crippen LogP contribution in [0.25, 0.3) is 0 Å². The summed E-state index contributed by atoms with van der Waals surface area (Å²) in [6.07, 6.45) is 5.29. The predicted molar refractivity (Wildman–Crippen MR) is 50.4 cm³/mol. The van der Waals surface area contributed by atoms with Crippen LogP contribution in [0.3, 0.4) is 0 Å². The smallest absolute Gasteiger partial charge is 0.0323 e. The van der Waals surface area contributed by atoms with E-state index in [2.05, 4.69) is 23.2 Å². The van der Waals surface area contributed by atoms with Crippen LogP contribution in [0, 0.1) is 6.07 Å². The van der Waals surface area contributed by atoms with Crippen molar-refractivity contribution < 1.29 is 20.1 Å². The van der Waals surface area contributed by atoms with Gasteiger partial charge >= 0.3 is 0 Å². The van der Waals surface area contributed by atoms with E-state index in [1.54, 1.807) is 0 Å². The fraction of sp³-hybridized carbons (Fsp3) is 0.182. The monoisotopic (exact) mass is 349 g/mol. The standard InChI is InChI=1S/C11H10N.Ir/c1-2-6-10(7-3-1)11-8-4-5-9-12-11;/h1-4,6,8H,5,9H2;/q-1;. The molecule has 2 heteroatoms. The molecule has 0 amide bonds. The molecule has 1 aromatic carbocycles. The summed E-state index contributed by atoms with van der Waals surface area (Å²) in [6, 6.07) is 11.1. The Morgan fingerprint density at radius 1 is 1.31 bits per heavy atom. The van der Waals surface area contributed by atoms with Crippen molar-refractivity contribution in [2.45, 2.75) is 6.42 Å². The zero-order chi connectivity index (χ0) is 8.23. The molecule has 0 spiro atoms. The summed E-state index contributed by atoms with van der Waals surface area (Å²) in [5, 5.41) is 0. The van der Waals surface area contributed by atoms with Gasteiger partial charge in [-0.15, -0.1) is 35.9 Å². The molecule has 0 fully saturated rings. The van der Waals surface area contributed by atoms with Crippen LogP contribution in [0.15, 0.2) is 41.4 Å². The molecule has 13 heavy (non-hydrogen) atoms. The Balaban J connectivity index is 0.000000845. The summed E-state index contributed by atoms with van der Waals surface area (Å²) in [6.45, 7) is 0.911. The van der Waals surface area contributed by atoms with Crippen molar-refractivity contribution in [2.75, 3.05) is 6.54 Å². The van der Waals surface area contributed by atoms with Gasteiger partial charge in [0.1, 0.15) is 0 Å². The van der Waals surface area contributed by atoms with Gasteiger partial charge in [0, 0.05) is 26.7 Å². The average Bonchev–Trinajstić information content (AvgIpc) is 2.21. The van der Waals surface area contributed by atoms with E-state index in [4.69, 9.17) is 0 Å². The molecule has 1 aliphatic rings. The van der Waals surface area contributed by atoms with Crippen molar-refractivity contribution in [3.8, 4) is 0 Å². The summed E-state index contributed by atoms with van der Waals surface area (Å²) in [5.74, 6) is 0. The molecular formula is C11H10IrN-. The molecule has 1 heterocycles. The van der Waals surface area contributed by atoms with Gasteiger partial charge in [0.2, 0.25) is 0 Å². The second kappa shape index (κ2) is 5.11. The number of hydrogen-bond acceptors (Lipinski definition) is 1. The maximum Gasteiger partial charge on any atom is 0.0323 e. The minimum atomic E-state index is 0. The van der Waals surface area contributed by atoms with Crippen LogP contribution in [0.2, 0.25) is 0 Å². The molecule has 1 nitrogen and oxygen atoms in total. The van der Waals surface area contributed by atoms with Crippen molar-refractivity contribution in [3.05, 3.63) is 48.0 Å². The molecule has 1 aromatic rings. The predicted octanol–water partition coefficient (Wildman–Crippen LogP) is 2.23. The first-order valence-electron chi connectivity index (χ1n) is 4.15. The molecule has 0 N–H and O–H groups in total. The van der Waals surface area contributed by atoms with Crippen molar-refractivity contribution in [2.24, 2.45) is 4.99 Å². The first-order chi connectivity index (χ1) is 5.97. The van der Waals surface area contributed by atoms with Crippen LogP contribution in [0.4, 0.5) is 0 Å². The van der Waals surface area contributed by atoms with E-state index in [0.29, 0.717) is 0 Å². The third kappa shape index (κ3) is 2.61. The average molecular weight is 348 g/mol. The zero-order valence-electron chi connectivity index (χ0n) is 7.16. The van der Waals surface area contributed by atoms with Gasteiger partial charge in [-0.1, -0.05) is 12.2 Å². The van der Waals surface area contributed by atoms with Gasteiger partial charge < -0.3 is 4.99 Å². The van der Waals surface area contributed by atoms with Gasteiger partial charge in [0.15, 0.2) is 0 Å². The number of benzene rings is 1. The van der Waals surface area contributed by atoms with Crippen LogP contribution in [-0.4, -0.2) is 12.3 Å². The summed E-state index contributed by atoms with van der Waals surface area (Å²) in [5.41, 5.74) is 2.15. The third-order valence-electron chi connectivity index (χ3n) is 1.84. The normalized spacial score (nSPS) is 14.6. The fourth-order valence-electron chi connectivity index (χ4n) is 1.23. The second-order valence-electron chi connectivity index (χ2n) is 2.73. The summed E-state index contributed by atoms with van der Waals surface area (Å²) in [7, 11) is 0. The van der Waals surface area contributed by atoms with Crippen LogP contribution in [-0.2, 0) is 20.1 Å². The maximum atomic E-state index is 4.40. The molecule has 0 saturated heterocycles. The Kier molecular flexibility index (Phi) is 4.07. The Hall–Kier alpha value is -0.721. The largest absolute Gasteiger partial charge is 0.333 e. The number of allylic oxidation sites excluding steroid dienone is 1. The molecule has 2 rings (SSSR count). The fourth-order valence-corrected chi connectivity index (χ4v) is 1.23. The molecular weight excluding hydrogens is 338 g/mol. The molecule has 0 aromatic heterocycles. The first-order valence-corrected chi connectivity index (χ1v) is 4.15. The zero-order valence-corrected chi connectivity index (χ0v) is 9.55. The molecule has 1 aliphatic heterocycles. The van der Waals surface area contributed by atoms with Gasteiger partial charge in [-0.25, -0.2) is 0 Å². The number of nitrogens with zero attached hydrogens (tertiary/aromatic N) is 1. The van der Waals surface area contributed by atoms with Crippen LogP contribution < -0.4 is 0 Å². The van der Waals surface area contributed by atoms with E-state index < -0.39 is 0 Å². The van der Waals surface area contributed by atoms with Gasteiger partial charge in [-0.05, 0) is 12.1 Å². The summed E-state index contributed by atoms with van der Waals surface area (Å²) >= 11 is 0. The van der Waals surface area contributed by atoms with Crippen molar-refractivity contribution in [3.63, 3.8) is 0 Å². The molecule has 0 aliphatic carbocycles. The second-order valence-corrected chi connectivity index (χ2v) is 2.73. The quantitative estimate of drug-likeness (QED) is 0.690. The number of aliphatic imine (C=N–C) groups is 1. The third-order valence-corrected chi connectivity index (χ3v) is 1.84. The first kappa shape index (κ1) is 10.4. The number of rotatable bonds is 1. The van der Waals surface area contributed by atoms with Crippen molar-refractivity contribution in [1.82, 2.24) is 0 Å². The number of hydrogen-bond donors (Lipinski definition) is 0. The number of dihydropyridines is 1. The maximum absolute atomic E-state index is 4.40. The van der Waals surface area contributed by atoms with E-state index in [-0.39, 0.29) is 20.1 Å².